The van der Waals surface area contributed by atoms with Crippen molar-refractivity contribution in [3.05, 3.63) is 41.3 Å². The van der Waals surface area contributed by atoms with E-state index in [0.717, 1.165) is 35.2 Å². The lowest BCUT2D eigenvalue weighted by Crippen LogP contribution is -2.53. The number of thiazole rings is 1. The molecule has 1 amide bonds. The zero-order chi connectivity index (χ0) is 24.5. The second-order valence-corrected chi connectivity index (χ2v) is 12.5. The molecule has 1 unspecified atom stereocenters. The molecule has 184 valence electrons. The van der Waals surface area contributed by atoms with E-state index < -0.39 is 33.6 Å². The van der Waals surface area contributed by atoms with Crippen LogP contribution >= 0.6 is 22.7 Å². The van der Waals surface area contributed by atoms with Gasteiger partial charge >= 0.3 is 0 Å². The third-order valence-corrected chi connectivity index (χ3v) is 9.99. The molecule has 34 heavy (non-hydrogen) atoms. The van der Waals surface area contributed by atoms with Crippen molar-refractivity contribution in [1.29, 1.82) is 0 Å². The molecule has 1 saturated heterocycles. The Hall–Kier alpha value is -1.99. The van der Waals surface area contributed by atoms with Gasteiger partial charge in [0.2, 0.25) is 5.91 Å². The minimum atomic E-state index is -3.83. The first-order valence-corrected chi connectivity index (χ1v) is 14.1. The predicted molar refractivity (Wildman–Crippen MR) is 131 cm³/mol. The van der Waals surface area contributed by atoms with Gasteiger partial charge in [0.05, 0.1) is 4.70 Å². The van der Waals surface area contributed by atoms with Crippen LogP contribution in [-0.2, 0) is 14.8 Å². The van der Waals surface area contributed by atoms with Crippen molar-refractivity contribution in [3.8, 4) is 0 Å². The van der Waals surface area contributed by atoms with Crippen molar-refractivity contribution in [2.75, 3.05) is 38.6 Å². The maximum absolute atomic E-state index is 14.3. The summed E-state index contributed by atoms with van der Waals surface area (Å²) in [5.74, 6) is -1.90. The van der Waals surface area contributed by atoms with Gasteiger partial charge in [-0.05, 0) is 57.4 Å². The third kappa shape index (κ3) is 5.15. The number of anilines is 1. The SMILES string of the molecule is CN(C)CCCN(C(=O)C1CCCCN1S(=O)(=O)c1cccs1)c1nc2c(F)cc(F)cc2s1. The normalized spacial score (nSPS) is 17.5. The fourth-order valence-corrected chi connectivity index (χ4v) is 7.86. The summed E-state index contributed by atoms with van der Waals surface area (Å²) in [7, 11) is 0.000331. The van der Waals surface area contributed by atoms with E-state index in [1.807, 2.05) is 19.0 Å². The number of aromatic nitrogens is 1. The Morgan fingerprint density at radius 2 is 2.03 bits per heavy atom. The Morgan fingerprint density at radius 3 is 2.74 bits per heavy atom. The molecule has 1 aliphatic heterocycles. The van der Waals surface area contributed by atoms with Crippen LogP contribution in [0, 0.1) is 11.6 Å². The molecule has 3 aromatic rings. The summed E-state index contributed by atoms with van der Waals surface area (Å²) in [5, 5.41) is 1.93. The van der Waals surface area contributed by atoms with Crippen LogP contribution in [0.2, 0.25) is 0 Å². The number of rotatable bonds is 8. The molecule has 0 aliphatic carbocycles. The van der Waals surface area contributed by atoms with Crippen LogP contribution in [0.4, 0.5) is 13.9 Å². The van der Waals surface area contributed by atoms with Crippen LogP contribution in [0.15, 0.2) is 33.9 Å². The molecule has 12 heteroatoms. The van der Waals surface area contributed by atoms with E-state index in [4.69, 9.17) is 0 Å². The molecule has 0 bridgehead atoms. The molecule has 1 aromatic carbocycles. The zero-order valence-electron chi connectivity index (χ0n) is 18.9. The van der Waals surface area contributed by atoms with Gasteiger partial charge < -0.3 is 4.90 Å². The number of nitrogens with zero attached hydrogens (tertiary/aromatic N) is 4. The number of fused-ring (bicyclic) bond motifs is 1. The van der Waals surface area contributed by atoms with Crippen molar-refractivity contribution in [2.24, 2.45) is 0 Å². The lowest BCUT2D eigenvalue weighted by Gasteiger charge is -2.36. The van der Waals surface area contributed by atoms with Gasteiger partial charge in [0.25, 0.3) is 10.0 Å². The fourth-order valence-electron chi connectivity index (χ4n) is 4.05. The highest BCUT2D eigenvalue weighted by Gasteiger charge is 2.40. The number of hydrogen-bond donors (Lipinski definition) is 0. The van der Waals surface area contributed by atoms with Gasteiger partial charge in [0, 0.05) is 19.2 Å². The second-order valence-electron chi connectivity index (χ2n) is 8.44. The summed E-state index contributed by atoms with van der Waals surface area (Å²) in [4.78, 5) is 21.6. The maximum Gasteiger partial charge on any atom is 0.253 e. The van der Waals surface area contributed by atoms with Gasteiger partial charge in [-0.1, -0.05) is 23.8 Å². The molecule has 0 saturated carbocycles. The van der Waals surface area contributed by atoms with Gasteiger partial charge in [0.15, 0.2) is 10.9 Å². The van der Waals surface area contributed by atoms with Crippen LogP contribution in [0.5, 0.6) is 0 Å². The minimum absolute atomic E-state index is 0.00137. The lowest BCUT2D eigenvalue weighted by molar-refractivity contribution is -0.123. The molecule has 0 N–H and O–H groups in total. The molecule has 1 atom stereocenters. The third-order valence-electron chi connectivity index (χ3n) is 5.68. The van der Waals surface area contributed by atoms with E-state index in [9.17, 15) is 22.0 Å². The Labute approximate surface area is 205 Å². The van der Waals surface area contributed by atoms with E-state index in [-0.39, 0.29) is 27.9 Å². The quantitative estimate of drug-likeness (QED) is 0.439. The van der Waals surface area contributed by atoms with Gasteiger partial charge in [-0.3, -0.25) is 9.69 Å². The van der Waals surface area contributed by atoms with Crippen LogP contribution in [-0.4, -0.2) is 68.3 Å². The van der Waals surface area contributed by atoms with Gasteiger partial charge in [-0.15, -0.1) is 11.3 Å². The number of carbonyl (C=O) groups excluding carboxylic acids is 1. The van der Waals surface area contributed by atoms with E-state index in [2.05, 4.69) is 4.98 Å². The monoisotopic (exact) mass is 528 g/mol. The van der Waals surface area contributed by atoms with E-state index >= 15 is 0 Å². The van der Waals surface area contributed by atoms with Gasteiger partial charge in [-0.2, -0.15) is 4.31 Å². The van der Waals surface area contributed by atoms with Crippen LogP contribution in [0.1, 0.15) is 25.7 Å². The van der Waals surface area contributed by atoms with E-state index in [0.29, 0.717) is 30.5 Å². The summed E-state index contributed by atoms with van der Waals surface area (Å²) in [6.45, 7) is 1.23. The van der Waals surface area contributed by atoms with E-state index in [1.54, 1.807) is 11.4 Å². The molecular formula is C22H26F2N4O3S3. The summed E-state index contributed by atoms with van der Waals surface area (Å²) >= 11 is 2.14. The predicted octanol–water partition coefficient (Wildman–Crippen LogP) is 4.16. The first-order chi connectivity index (χ1) is 16.2. The van der Waals surface area contributed by atoms with Crippen LogP contribution < -0.4 is 4.90 Å². The minimum Gasteiger partial charge on any atom is -0.309 e. The number of piperidine rings is 1. The second kappa shape index (κ2) is 10.3. The fraction of sp³-hybridized carbons (Fsp3) is 0.455. The Bertz CT molecular complexity index is 1260. The summed E-state index contributed by atoms with van der Waals surface area (Å²) < 4.78 is 56.5. The number of halogens is 2. The molecule has 2 aromatic heterocycles. The zero-order valence-corrected chi connectivity index (χ0v) is 21.4. The topological polar surface area (TPSA) is 73.8 Å². The summed E-state index contributed by atoms with van der Waals surface area (Å²) in [6.07, 6.45) is 2.39. The number of carbonyl (C=O) groups is 1. The molecule has 4 rings (SSSR count). The van der Waals surface area contributed by atoms with Crippen molar-refractivity contribution in [3.63, 3.8) is 0 Å². The number of sulfonamides is 1. The molecular weight excluding hydrogens is 502 g/mol. The average Bonchev–Trinajstić information content (AvgIpc) is 3.47. The van der Waals surface area contributed by atoms with Crippen molar-refractivity contribution in [1.82, 2.24) is 14.2 Å². The largest absolute Gasteiger partial charge is 0.309 e. The molecule has 1 fully saturated rings. The lowest BCUT2D eigenvalue weighted by atomic mass is 10.0. The van der Waals surface area contributed by atoms with Gasteiger partial charge in [-0.25, -0.2) is 22.2 Å². The van der Waals surface area contributed by atoms with E-state index in [1.165, 1.54) is 21.3 Å². The molecule has 1 aliphatic rings. The molecule has 3 heterocycles. The Balaban J connectivity index is 1.70. The Morgan fingerprint density at radius 1 is 1.24 bits per heavy atom. The average molecular weight is 529 g/mol. The summed E-state index contributed by atoms with van der Waals surface area (Å²) in [6, 6.07) is 4.28. The van der Waals surface area contributed by atoms with Crippen LogP contribution in [0.25, 0.3) is 10.2 Å². The van der Waals surface area contributed by atoms with Crippen molar-refractivity contribution in [2.45, 2.75) is 35.9 Å². The number of benzene rings is 1. The van der Waals surface area contributed by atoms with Gasteiger partial charge in [0.1, 0.15) is 21.6 Å². The number of hydrogen-bond acceptors (Lipinski definition) is 7. The number of thiophene rings is 1. The number of amides is 1. The first kappa shape index (κ1) is 25.1. The summed E-state index contributed by atoms with van der Waals surface area (Å²) in [5.41, 5.74) is -0.00137. The molecule has 0 radical (unpaired) electrons. The Kier molecular flexibility index (Phi) is 7.63. The highest BCUT2D eigenvalue weighted by atomic mass is 32.2. The maximum atomic E-state index is 14.3. The standard InChI is InChI=1S/C22H26F2N4O3S3/c1-26(2)9-6-10-27(22-25-20-16(24)13-15(23)14-18(20)33-22)21(29)17-7-3-4-11-28(17)34(30,31)19-8-5-12-32-19/h5,8,12-14,17H,3-4,6-7,9-11H2,1-2H3. The van der Waals surface area contributed by atoms with Crippen molar-refractivity contribution < 1.29 is 22.0 Å². The molecule has 0 spiro atoms. The molecule has 7 nitrogen and oxygen atoms in total. The highest BCUT2D eigenvalue weighted by Crippen LogP contribution is 2.34. The highest BCUT2D eigenvalue weighted by molar-refractivity contribution is 7.91. The van der Waals surface area contributed by atoms with Crippen molar-refractivity contribution >= 4 is 54.0 Å². The van der Waals surface area contributed by atoms with Crippen LogP contribution in [0.3, 0.4) is 0 Å². The first-order valence-electron chi connectivity index (χ1n) is 11.0. The smallest absolute Gasteiger partial charge is 0.253 e.